The molecule has 2 rings (SSSR count). The lowest BCUT2D eigenvalue weighted by atomic mass is 10.2. The highest BCUT2D eigenvalue weighted by Gasteiger charge is 2.27. The molecule has 18 heavy (non-hydrogen) atoms. The van der Waals surface area contributed by atoms with E-state index in [4.69, 9.17) is 23.2 Å². The summed E-state index contributed by atoms with van der Waals surface area (Å²) in [5.41, 5.74) is 0.183. The minimum Gasteiger partial charge on any atom is -0.320 e. The normalized spacial score (nSPS) is 15.6. The first-order valence-corrected chi connectivity index (χ1v) is 5.66. The first-order chi connectivity index (χ1) is 8.45. The summed E-state index contributed by atoms with van der Waals surface area (Å²) in [6.07, 6.45) is 0. The van der Waals surface area contributed by atoms with Gasteiger partial charge in [0.1, 0.15) is 23.4 Å². The molecule has 1 fully saturated rings. The maximum atomic E-state index is 12.0. The van der Waals surface area contributed by atoms with E-state index in [2.05, 4.69) is 10.3 Å². The zero-order valence-electron chi connectivity index (χ0n) is 8.94. The molecule has 6 nitrogen and oxygen atoms in total. The number of aromatic nitrogens is 1. The van der Waals surface area contributed by atoms with Gasteiger partial charge in [-0.2, -0.15) is 0 Å². The van der Waals surface area contributed by atoms with Crippen molar-refractivity contribution in [1.82, 2.24) is 15.2 Å². The average molecular weight is 288 g/mol. The van der Waals surface area contributed by atoms with E-state index in [9.17, 15) is 14.4 Å². The molecule has 0 unspecified atom stereocenters. The second-order valence-corrected chi connectivity index (χ2v) is 4.41. The second-order valence-electron chi connectivity index (χ2n) is 3.63. The topological polar surface area (TPSA) is 79.4 Å². The van der Waals surface area contributed by atoms with Crippen molar-refractivity contribution < 1.29 is 14.4 Å². The number of pyridine rings is 1. The van der Waals surface area contributed by atoms with Crippen LogP contribution in [0.15, 0.2) is 12.1 Å². The molecule has 0 bridgehead atoms. The Morgan fingerprint density at radius 2 is 1.67 bits per heavy atom. The Bertz CT molecular complexity index is 511. The smallest absolute Gasteiger partial charge is 0.255 e. The van der Waals surface area contributed by atoms with E-state index < -0.39 is 17.7 Å². The van der Waals surface area contributed by atoms with Crippen LogP contribution in [-0.2, 0) is 9.59 Å². The van der Waals surface area contributed by atoms with Crippen LogP contribution in [0.3, 0.4) is 0 Å². The molecule has 2 heterocycles. The van der Waals surface area contributed by atoms with E-state index in [-0.39, 0.29) is 29.0 Å². The van der Waals surface area contributed by atoms with E-state index in [0.29, 0.717) is 0 Å². The van der Waals surface area contributed by atoms with Gasteiger partial charge in [0.15, 0.2) is 0 Å². The fraction of sp³-hybridized carbons (Fsp3) is 0.200. The number of piperazine rings is 1. The van der Waals surface area contributed by atoms with Gasteiger partial charge in [0.25, 0.3) is 5.91 Å². The van der Waals surface area contributed by atoms with Crippen molar-refractivity contribution in [3.05, 3.63) is 28.0 Å². The van der Waals surface area contributed by atoms with Crippen LogP contribution in [0.25, 0.3) is 0 Å². The molecule has 1 N–H and O–H groups in total. The van der Waals surface area contributed by atoms with E-state index in [1.807, 2.05) is 0 Å². The van der Waals surface area contributed by atoms with E-state index >= 15 is 0 Å². The van der Waals surface area contributed by atoms with Gasteiger partial charge < -0.3 is 4.90 Å². The third-order valence-corrected chi connectivity index (χ3v) is 2.63. The van der Waals surface area contributed by atoms with Crippen LogP contribution >= 0.6 is 23.2 Å². The number of rotatable bonds is 1. The molecule has 1 saturated heterocycles. The average Bonchev–Trinajstić information content (AvgIpc) is 2.25. The summed E-state index contributed by atoms with van der Waals surface area (Å²) in [6.45, 7) is -0.357. The number of hydrogen-bond donors (Lipinski definition) is 1. The molecule has 0 atom stereocenters. The van der Waals surface area contributed by atoms with Crippen molar-refractivity contribution in [2.24, 2.45) is 0 Å². The maximum Gasteiger partial charge on any atom is 0.255 e. The minimum atomic E-state index is -0.522. The molecule has 1 aliphatic rings. The lowest BCUT2D eigenvalue weighted by Crippen LogP contribution is -2.53. The molecule has 0 aromatic carbocycles. The number of halogens is 2. The maximum absolute atomic E-state index is 12.0. The highest BCUT2D eigenvalue weighted by Crippen LogP contribution is 2.16. The van der Waals surface area contributed by atoms with Crippen LogP contribution in [0.1, 0.15) is 10.4 Å². The molecule has 94 valence electrons. The summed E-state index contributed by atoms with van der Waals surface area (Å²) in [5.74, 6) is -1.54. The minimum absolute atomic E-state index is 0.0682. The summed E-state index contributed by atoms with van der Waals surface area (Å²) in [7, 11) is 0. The molecule has 1 aromatic heterocycles. The first kappa shape index (κ1) is 12.8. The molecule has 0 saturated carbocycles. The zero-order valence-corrected chi connectivity index (χ0v) is 10.5. The first-order valence-electron chi connectivity index (χ1n) is 4.91. The van der Waals surface area contributed by atoms with Crippen molar-refractivity contribution in [2.45, 2.75) is 0 Å². The number of carbonyl (C=O) groups is 3. The number of nitrogens with zero attached hydrogens (tertiary/aromatic N) is 2. The van der Waals surface area contributed by atoms with Crippen molar-refractivity contribution in [2.75, 3.05) is 13.1 Å². The van der Waals surface area contributed by atoms with Crippen molar-refractivity contribution in [3.8, 4) is 0 Å². The molecular formula is C10H7Cl2N3O3. The highest BCUT2D eigenvalue weighted by atomic mass is 35.5. The quantitative estimate of drug-likeness (QED) is 0.602. The Labute approximate surface area is 112 Å². The summed E-state index contributed by atoms with van der Waals surface area (Å²) >= 11 is 11.4. The molecule has 0 spiro atoms. The van der Waals surface area contributed by atoms with Gasteiger partial charge in [0.05, 0.1) is 0 Å². The van der Waals surface area contributed by atoms with Gasteiger partial charge in [0.2, 0.25) is 11.8 Å². The molecule has 1 aliphatic heterocycles. The van der Waals surface area contributed by atoms with Crippen molar-refractivity contribution >= 4 is 40.9 Å². The second kappa shape index (κ2) is 4.91. The SMILES string of the molecule is O=C1CN(C(=O)c2cc(Cl)nc(Cl)c2)CC(=O)N1. The Hall–Kier alpha value is -1.66. The molecule has 1 aromatic rings. The molecule has 8 heteroatoms. The monoisotopic (exact) mass is 287 g/mol. The van der Waals surface area contributed by atoms with Crippen LogP contribution in [0.4, 0.5) is 0 Å². The number of amides is 3. The van der Waals surface area contributed by atoms with Crippen LogP contribution in [0.2, 0.25) is 10.3 Å². The molecular weight excluding hydrogens is 281 g/mol. The van der Waals surface area contributed by atoms with Gasteiger partial charge in [-0.05, 0) is 12.1 Å². The van der Waals surface area contributed by atoms with Gasteiger partial charge in [-0.3, -0.25) is 19.7 Å². The standard InChI is InChI=1S/C10H7Cl2N3O3/c11-6-1-5(2-7(12)13-6)10(18)15-3-8(16)14-9(17)4-15/h1-2H,3-4H2,(H,14,16,17). The Kier molecular flexibility index (Phi) is 3.49. The highest BCUT2D eigenvalue weighted by molar-refractivity contribution is 6.33. The van der Waals surface area contributed by atoms with Crippen molar-refractivity contribution in [3.63, 3.8) is 0 Å². The Balaban J connectivity index is 2.25. The number of nitrogens with one attached hydrogen (secondary N) is 1. The van der Waals surface area contributed by atoms with Gasteiger partial charge in [-0.15, -0.1) is 0 Å². The fourth-order valence-corrected chi connectivity index (χ4v) is 2.01. The Morgan fingerprint density at radius 1 is 1.17 bits per heavy atom. The third-order valence-electron chi connectivity index (χ3n) is 2.24. The van der Waals surface area contributed by atoms with Gasteiger partial charge in [-0.1, -0.05) is 23.2 Å². The summed E-state index contributed by atoms with van der Waals surface area (Å²) in [5, 5.41) is 2.24. The van der Waals surface area contributed by atoms with Crippen LogP contribution in [0.5, 0.6) is 0 Å². The van der Waals surface area contributed by atoms with Crippen LogP contribution < -0.4 is 5.32 Å². The van der Waals surface area contributed by atoms with Gasteiger partial charge in [0, 0.05) is 5.56 Å². The lowest BCUT2D eigenvalue weighted by molar-refractivity contribution is -0.135. The van der Waals surface area contributed by atoms with Crippen LogP contribution in [0, 0.1) is 0 Å². The predicted octanol–water partition coefficient (Wildman–Crippen LogP) is 0.487. The zero-order chi connectivity index (χ0) is 13.3. The lowest BCUT2D eigenvalue weighted by Gasteiger charge is -2.25. The van der Waals surface area contributed by atoms with E-state index in [1.165, 1.54) is 12.1 Å². The summed E-state index contributed by atoms with van der Waals surface area (Å²) in [4.78, 5) is 39.2. The summed E-state index contributed by atoms with van der Waals surface area (Å²) in [6, 6.07) is 2.65. The number of imide groups is 1. The van der Waals surface area contributed by atoms with Crippen LogP contribution in [-0.4, -0.2) is 40.7 Å². The molecule has 0 radical (unpaired) electrons. The molecule has 3 amide bonds. The van der Waals surface area contributed by atoms with E-state index in [1.54, 1.807) is 0 Å². The third kappa shape index (κ3) is 2.77. The molecule has 0 aliphatic carbocycles. The number of hydrogen-bond acceptors (Lipinski definition) is 4. The van der Waals surface area contributed by atoms with Gasteiger partial charge in [-0.25, -0.2) is 4.98 Å². The Morgan fingerprint density at radius 3 is 2.17 bits per heavy atom. The largest absolute Gasteiger partial charge is 0.320 e. The van der Waals surface area contributed by atoms with E-state index in [0.717, 1.165) is 4.90 Å². The fourth-order valence-electron chi connectivity index (χ4n) is 1.55. The number of carbonyl (C=O) groups excluding carboxylic acids is 3. The van der Waals surface area contributed by atoms with Gasteiger partial charge >= 0.3 is 0 Å². The predicted molar refractivity (Wildman–Crippen MR) is 63.3 cm³/mol. The van der Waals surface area contributed by atoms with Crippen molar-refractivity contribution in [1.29, 1.82) is 0 Å². The summed E-state index contributed by atoms with van der Waals surface area (Å²) < 4.78 is 0.